The van der Waals surface area contributed by atoms with E-state index < -0.39 is 11.6 Å². The maximum absolute atomic E-state index is 13.7. The predicted molar refractivity (Wildman–Crippen MR) is 297 cm³/mol. The van der Waals surface area contributed by atoms with E-state index >= 15 is 0 Å². The Bertz CT molecular complexity index is 3640. The van der Waals surface area contributed by atoms with Gasteiger partial charge in [0.2, 0.25) is 0 Å². The zero-order valence-electron chi connectivity index (χ0n) is 41.6. The van der Waals surface area contributed by atoms with Gasteiger partial charge in [-0.15, -0.1) is 52.5 Å². The molecule has 0 saturated carbocycles. The van der Waals surface area contributed by atoms with Crippen LogP contribution in [0.1, 0.15) is 74.9 Å². The zero-order chi connectivity index (χ0) is 52.3. The molecule has 0 aliphatic carbocycles. The van der Waals surface area contributed by atoms with Crippen molar-refractivity contribution >= 4 is 66.9 Å². The third-order valence-electron chi connectivity index (χ3n) is 12.2. The van der Waals surface area contributed by atoms with Crippen LogP contribution < -0.4 is 0 Å². The summed E-state index contributed by atoms with van der Waals surface area (Å²) >= 11 is 3.17. The fourth-order valence-corrected chi connectivity index (χ4v) is 10.2. The van der Waals surface area contributed by atoms with Crippen LogP contribution in [-0.2, 0) is 31.9 Å². The molecule has 2 N–H and O–H groups in total. The number of aromatic nitrogens is 2. The number of hydrogen-bond donors (Lipinski definition) is 2. The second-order valence-electron chi connectivity index (χ2n) is 19.5. The van der Waals surface area contributed by atoms with Crippen LogP contribution in [0.25, 0.3) is 63.8 Å². The third-order valence-corrected chi connectivity index (χ3v) is 14.3. The second-order valence-corrected chi connectivity index (χ2v) is 21.6. The van der Waals surface area contributed by atoms with Crippen molar-refractivity contribution < 1.29 is 40.1 Å². The fourth-order valence-electron chi connectivity index (χ4n) is 8.04. The van der Waals surface area contributed by atoms with E-state index in [0.717, 1.165) is 63.8 Å². The van der Waals surface area contributed by atoms with Gasteiger partial charge in [-0.1, -0.05) is 89.6 Å². The van der Waals surface area contributed by atoms with Crippen LogP contribution >= 0.6 is 22.7 Å². The summed E-state index contributed by atoms with van der Waals surface area (Å²) in [7, 11) is 0. The molecule has 0 saturated heterocycles. The van der Waals surface area contributed by atoms with Crippen molar-refractivity contribution in [1.82, 2.24) is 9.97 Å². The predicted octanol–water partition coefficient (Wildman–Crippen LogP) is 16.6. The molecule has 2 aromatic heterocycles. The van der Waals surface area contributed by atoms with Gasteiger partial charge in [-0.3, -0.25) is 9.98 Å². The van der Waals surface area contributed by atoms with Crippen LogP contribution in [0.15, 0.2) is 162 Å². The maximum Gasteiger partial charge on any atom is 0.126 e. The molecule has 0 bridgehead atoms. The number of phenolic OH excluding ortho intramolecular Hbond substituents is 2. The van der Waals surface area contributed by atoms with E-state index in [9.17, 15) is 29.5 Å². The molecule has 8 aromatic carbocycles. The second kappa shape index (κ2) is 22.2. The first-order valence-electron chi connectivity index (χ1n) is 23.5. The van der Waals surface area contributed by atoms with Crippen molar-refractivity contribution in [2.75, 3.05) is 0 Å². The maximum atomic E-state index is 13.7. The summed E-state index contributed by atoms with van der Waals surface area (Å²) in [5, 5.41) is 40.2. The van der Waals surface area contributed by atoms with E-state index in [1.165, 1.54) is 60.0 Å². The van der Waals surface area contributed by atoms with Crippen LogP contribution in [0.2, 0.25) is 0 Å². The molecular weight excluding hydrogens is 1160 g/mol. The Morgan fingerprint density at radius 3 is 1.45 bits per heavy atom. The number of phenols is 2. The van der Waals surface area contributed by atoms with E-state index in [-0.39, 0.29) is 43.4 Å². The van der Waals surface area contributed by atoms with Gasteiger partial charge in [-0.25, -0.2) is 24.0 Å². The van der Waals surface area contributed by atoms with Gasteiger partial charge in [-0.2, -0.15) is 5.26 Å². The van der Waals surface area contributed by atoms with Crippen molar-refractivity contribution in [2.45, 2.75) is 52.4 Å². The van der Waals surface area contributed by atoms with Gasteiger partial charge in [0.05, 0.1) is 33.2 Å². The van der Waals surface area contributed by atoms with Gasteiger partial charge in [0.15, 0.2) is 0 Å². The Labute approximate surface area is 456 Å². The average molecular weight is 1210 g/mol. The molecule has 8 nitrogen and oxygen atoms in total. The van der Waals surface area contributed by atoms with Crippen molar-refractivity contribution in [1.29, 1.82) is 10.5 Å². The van der Waals surface area contributed by atoms with Gasteiger partial charge in [0.1, 0.15) is 33.1 Å². The molecule has 0 unspecified atom stereocenters. The number of aromatic hydroxyl groups is 2. The van der Waals surface area contributed by atoms with Crippen molar-refractivity contribution in [2.24, 2.45) is 9.98 Å². The smallest absolute Gasteiger partial charge is 0.126 e. The molecule has 13 heteroatoms. The molecule has 374 valence electrons. The number of thiazole rings is 2. The number of nitriles is 2. The Morgan fingerprint density at radius 1 is 0.547 bits per heavy atom. The fraction of sp³-hybridized carbons (Fsp3) is 0.129. The zero-order valence-corrected chi connectivity index (χ0v) is 45.5. The number of hydrogen-bond acceptors (Lipinski definition) is 10. The monoisotopic (exact) mass is 1200 g/mol. The molecule has 0 aliphatic rings. The summed E-state index contributed by atoms with van der Waals surface area (Å²) in [5.41, 5.74) is 12.6. The minimum absolute atomic E-state index is 0. The summed E-state index contributed by atoms with van der Waals surface area (Å²) in [4.78, 5) is 19.2. The molecule has 0 spiro atoms. The number of halogens is 2. The third kappa shape index (κ3) is 12.0. The SMILES string of the molecule is CC(C)(C)c1cc(-c2[c-]cc(C#N)cc2)c2nc(-c3ccccc3N=Cc3cc(F)ccc3O)sc2c1.CC(C)(C)c1cc(-c2ccc(C#N)cc2)c2nc(-c3ccccc3N=Cc3cc(F)ccc3O)sc2c1.[Pt]. The molecule has 0 amide bonds. The first kappa shape index (κ1) is 53.3. The van der Waals surface area contributed by atoms with Crippen LogP contribution in [-0.4, -0.2) is 32.6 Å². The number of nitrogens with zero attached hydrogens (tertiary/aromatic N) is 6. The molecule has 75 heavy (non-hydrogen) atoms. The first-order chi connectivity index (χ1) is 35.4. The van der Waals surface area contributed by atoms with Gasteiger partial charge >= 0.3 is 0 Å². The normalized spacial score (nSPS) is 11.6. The summed E-state index contributed by atoms with van der Waals surface area (Å²) in [6.45, 7) is 13.1. The molecule has 0 atom stereocenters. The van der Waals surface area contributed by atoms with E-state index in [1.807, 2.05) is 78.9 Å². The number of fused-ring (bicyclic) bond motifs is 2. The quantitative estimate of drug-likeness (QED) is 0.115. The molecule has 2 heterocycles. The number of aliphatic imine (C=N–C) groups is 2. The van der Waals surface area contributed by atoms with Crippen LogP contribution in [0.3, 0.4) is 0 Å². The first-order valence-corrected chi connectivity index (χ1v) is 25.2. The molecule has 0 radical (unpaired) electrons. The van der Waals surface area contributed by atoms with Gasteiger partial charge in [0.25, 0.3) is 0 Å². The summed E-state index contributed by atoms with van der Waals surface area (Å²) < 4.78 is 29.4. The van der Waals surface area contributed by atoms with Crippen LogP contribution in [0.5, 0.6) is 11.5 Å². The van der Waals surface area contributed by atoms with E-state index in [4.69, 9.17) is 9.97 Å². The molecular formula is C62H47F2N6O2PtS2-. The Kier molecular flexibility index (Phi) is 15.8. The molecule has 0 aliphatic heterocycles. The van der Waals surface area contributed by atoms with Crippen LogP contribution in [0.4, 0.5) is 20.2 Å². The van der Waals surface area contributed by atoms with Gasteiger partial charge in [0, 0.05) is 77.6 Å². The molecule has 10 rings (SSSR count). The number of benzene rings is 8. The Balaban J connectivity index is 0.000000197. The summed E-state index contributed by atoms with van der Waals surface area (Å²) in [6.07, 6.45) is 2.92. The minimum atomic E-state index is -0.444. The van der Waals surface area contributed by atoms with E-state index in [1.54, 1.807) is 34.8 Å². The standard InChI is InChI=1S/C31H24FN3OS.C31H23FN3OS.Pt/c2*1-31(2,3)22-15-25(20-10-8-19(17-33)9-11-20)29-28(16-22)37-30(35-29)24-6-4-5-7-26(24)34-18-21-14-23(32)12-13-27(21)36;/h4-16,18,36H,1-3H3;4-10,12-16,18,36H,1-3H3;/q;-1;. The topological polar surface area (TPSA) is 139 Å². The van der Waals surface area contributed by atoms with E-state index in [2.05, 4.69) is 94.0 Å². The van der Waals surface area contributed by atoms with Crippen LogP contribution in [0, 0.1) is 40.4 Å². The average Bonchev–Trinajstić information content (AvgIpc) is 4.04. The largest absolute Gasteiger partial charge is 0.507 e. The number of para-hydroxylation sites is 2. The molecule has 10 aromatic rings. The minimum Gasteiger partial charge on any atom is -0.507 e. The number of rotatable bonds is 8. The summed E-state index contributed by atoms with van der Waals surface area (Å²) in [6, 6.07) is 52.0. The van der Waals surface area contributed by atoms with Crippen molar-refractivity contribution in [3.8, 4) is 67.0 Å². The Morgan fingerprint density at radius 2 is 1.00 bits per heavy atom. The summed E-state index contributed by atoms with van der Waals surface area (Å²) in [5.74, 6) is -0.964. The van der Waals surface area contributed by atoms with Gasteiger partial charge in [-0.05, 0) is 124 Å². The van der Waals surface area contributed by atoms with Crippen molar-refractivity contribution in [3.63, 3.8) is 0 Å². The Hall–Kier alpha value is -7.99. The van der Waals surface area contributed by atoms with Crippen molar-refractivity contribution in [3.05, 3.63) is 203 Å². The van der Waals surface area contributed by atoms with E-state index in [0.29, 0.717) is 33.6 Å². The molecule has 0 fully saturated rings. The van der Waals surface area contributed by atoms with Gasteiger partial charge < -0.3 is 10.2 Å².